The predicted octanol–water partition coefficient (Wildman–Crippen LogP) is 2.61. The van der Waals surface area contributed by atoms with Crippen LogP contribution in [0.1, 0.15) is 15.9 Å². The van der Waals surface area contributed by atoms with E-state index in [-0.39, 0.29) is 11.5 Å². The van der Waals surface area contributed by atoms with Gasteiger partial charge in [0.25, 0.3) is 5.91 Å². The molecule has 0 spiro atoms. The van der Waals surface area contributed by atoms with Crippen molar-refractivity contribution in [3.05, 3.63) is 77.5 Å². The Balaban J connectivity index is 1.95. The Hall–Kier alpha value is -3.59. The summed E-state index contributed by atoms with van der Waals surface area (Å²) in [4.78, 5) is 23.4. The number of nitriles is 1. The van der Waals surface area contributed by atoms with E-state index in [2.05, 4.69) is 15.4 Å². The third-order valence-corrected chi connectivity index (χ3v) is 3.35. The zero-order chi connectivity index (χ0) is 18.1. The first-order valence-corrected chi connectivity index (χ1v) is 7.51. The third kappa shape index (κ3) is 5.22. The second-order valence-electron chi connectivity index (χ2n) is 5.05. The van der Waals surface area contributed by atoms with E-state index in [9.17, 15) is 9.59 Å². The van der Waals surface area contributed by atoms with E-state index in [1.165, 1.54) is 13.3 Å². The number of esters is 1. The summed E-state index contributed by atoms with van der Waals surface area (Å²) in [6.45, 7) is 0.451. The smallest absolute Gasteiger partial charge is 0.350 e. The minimum Gasteiger partial charge on any atom is -0.465 e. The minimum absolute atomic E-state index is 0.146. The molecule has 0 saturated heterocycles. The van der Waals surface area contributed by atoms with Crippen LogP contribution in [0.4, 0.5) is 5.69 Å². The highest BCUT2D eigenvalue weighted by molar-refractivity contribution is 5.94. The molecule has 0 bridgehead atoms. The molecule has 0 heterocycles. The zero-order valence-corrected chi connectivity index (χ0v) is 13.7. The summed E-state index contributed by atoms with van der Waals surface area (Å²) >= 11 is 0. The highest BCUT2D eigenvalue weighted by Crippen LogP contribution is 2.11. The second kappa shape index (κ2) is 8.89. The minimum atomic E-state index is -0.716. The Morgan fingerprint density at radius 3 is 2.40 bits per heavy atom. The molecule has 0 fully saturated rings. The molecule has 0 atom stereocenters. The average molecular weight is 335 g/mol. The lowest BCUT2D eigenvalue weighted by molar-refractivity contribution is -0.135. The normalized spacial score (nSPS) is 10.5. The maximum Gasteiger partial charge on any atom is 0.350 e. The van der Waals surface area contributed by atoms with Crippen molar-refractivity contribution in [2.75, 3.05) is 12.4 Å². The summed E-state index contributed by atoms with van der Waals surface area (Å²) in [7, 11) is 1.20. The van der Waals surface area contributed by atoms with E-state index in [1.54, 1.807) is 30.3 Å². The Morgan fingerprint density at radius 2 is 1.80 bits per heavy atom. The van der Waals surface area contributed by atoms with Crippen molar-refractivity contribution < 1.29 is 14.3 Å². The van der Waals surface area contributed by atoms with E-state index >= 15 is 0 Å². The maximum atomic E-state index is 12.1. The highest BCUT2D eigenvalue weighted by Gasteiger charge is 2.08. The summed E-state index contributed by atoms with van der Waals surface area (Å²) in [6, 6.07) is 18.0. The van der Waals surface area contributed by atoms with Crippen LogP contribution in [0.25, 0.3) is 0 Å². The fraction of sp³-hybridized carbons (Fsp3) is 0.105. The fourth-order valence-corrected chi connectivity index (χ4v) is 2.00. The van der Waals surface area contributed by atoms with Gasteiger partial charge < -0.3 is 15.4 Å². The van der Waals surface area contributed by atoms with Gasteiger partial charge in [-0.05, 0) is 29.8 Å². The van der Waals surface area contributed by atoms with Gasteiger partial charge in [-0.3, -0.25) is 4.79 Å². The van der Waals surface area contributed by atoms with Gasteiger partial charge in [-0.25, -0.2) is 4.79 Å². The molecule has 0 aliphatic rings. The monoisotopic (exact) mass is 335 g/mol. The Bertz CT molecular complexity index is 806. The number of carbonyl (C=O) groups is 2. The van der Waals surface area contributed by atoms with Crippen molar-refractivity contribution in [1.29, 1.82) is 5.26 Å². The van der Waals surface area contributed by atoms with Gasteiger partial charge in [-0.1, -0.05) is 30.3 Å². The highest BCUT2D eigenvalue weighted by atomic mass is 16.5. The lowest BCUT2D eigenvalue weighted by Crippen LogP contribution is -2.22. The number of ether oxygens (including phenoxy) is 1. The van der Waals surface area contributed by atoms with Crippen LogP contribution in [0.15, 0.2) is 66.4 Å². The van der Waals surface area contributed by atoms with E-state index in [4.69, 9.17) is 5.26 Å². The molecule has 0 aliphatic carbocycles. The molecule has 6 nitrogen and oxygen atoms in total. The first-order valence-electron chi connectivity index (χ1n) is 7.51. The van der Waals surface area contributed by atoms with Gasteiger partial charge >= 0.3 is 5.97 Å². The van der Waals surface area contributed by atoms with E-state index < -0.39 is 5.97 Å². The average Bonchev–Trinajstić information content (AvgIpc) is 2.67. The Kier molecular flexibility index (Phi) is 6.32. The van der Waals surface area contributed by atoms with Crippen molar-refractivity contribution in [3.63, 3.8) is 0 Å². The van der Waals surface area contributed by atoms with E-state index in [0.29, 0.717) is 17.8 Å². The predicted molar refractivity (Wildman–Crippen MR) is 93.4 cm³/mol. The van der Waals surface area contributed by atoms with Crippen LogP contribution in [0.3, 0.4) is 0 Å². The number of benzene rings is 2. The van der Waals surface area contributed by atoms with Crippen molar-refractivity contribution in [1.82, 2.24) is 5.32 Å². The topological polar surface area (TPSA) is 91.2 Å². The molecule has 0 unspecified atom stereocenters. The molecule has 0 saturated carbocycles. The van der Waals surface area contributed by atoms with Crippen molar-refractivity contribution in [3.8, 4) is 6.07 Å². The molecule has 1 amide bonds. The first-order chi connectivity index (χ1) is 12.1. The van der Waals surface area contributed by atoms with Gasteiger partial charge in [-0.15, -0.1) is 0 Å². The lowest BCUT2D eigenvalue weighted by atomic mass is 10.1. The molecule has 2 aromatic carbocycles. The molecule has 126 valence electrons. The van der Waals surface area contributed by atoms with Crippen LogP contribution >= 0.6 is 0 Å². The number of anilines is 1. The summed E-state index contributed by atoms with van der Waals surface area (Å²) < 4.78 is 4.48. The molecular weight excluding hydrogens is 318 g/mol. The number of nitrogens with zero attached hydrogens (tertiary/aromatic N) is 1. The van der Waals surface area contributed by atoms with Crippen LogP contribution < -0.4 is 10.6 Å². The summed E-state index contributed by atoms with van der Waals surface area (Å²) in [5, 5.41) is 14.5. The number of methoxy groups -OCH3 is 1. The Morgan fingerprint density at radius 1 is 1.12 bits per heavy atom. The van der Waals surface area contributed by atoms with Gasteiger partial charge in [0.15, 0.2) is 5.57 Å². The Labute approximate surface area is 145 Å². The number of amides is 1. The van der Waals surface area contributed by atoms with E-state index in [0.717, 1.165) is 5.56 Å². The molecule has 0 radical (unpaired) electrons. The lowest BCUT2D eigenvalue weighted by Gasteiger charge is -2.07. The molecule has 6 heteroatoms. The van der Waals surface area contributed by atoms with Crippen LogP contribution in [0.2, 0.25) is 0 Å². The quantitative estimate of drug-likeness (QED) is 0.481. The number of hydrogen-bond donors (Lipinski definition) is 2. The van der Waals surface area contributed by atoms with Gasteiger partial charge in [0, 0.05) is 24.0 Å². The van der Waals surface area contributed by atoms with Crippen molar-refractivity contribution in [2.24, 2.45) is 0 Å². The van der Waals surface area contributed by atoms with Crippen LogP contribution in [-0.2, 0) is 16.1 Å². The van der Waals surface area contributed by atoms with Crippen molar-refractivity contribution in [2.45, 2.75) is 6.54 Å². The molecule has 0 aromatic heterocycles. The number of nitrogens with one attached hydrogen (secondary N) is 2. The largest absolute Gasteiger partial charge is 0.465 e. The molecular formula is C19H17N3O3. The van der Waals surface area contributed by atoms with Crippen LogP contribution in [0, 0.1) is 11.3 Å². The molecule has 2 aromatic rings. The summed E-state index contributed by atoms with van der Waals surface area (Å²) in [5.41, 5.74) is 2.02. The number of carbonyl (C=O) groups excluding carboxylic acids is 2. The molecule has 2 rings (SSSR count). The van der Waals surface area contributed by atoms with Crippen molar-refractivity contribution >= 4 is 17.6 Å². The van der Waals surface area contributed by atoms with E-state index in [1.807, 2.05) is 30.3 Å². The third-order valence-electron chi connectivity index (χ3n) is 3.35. The summed E-state index contributed by atoms with van der Waals surface area (Å²) in [6.07, 6.45) is 1.26. The number of rotatable bonds is 6. The number of hydrogen-bond acceptors (Lipinski definition) is 5. The fourth-order valence-electron chi connectivity index (χ4n) is 2.00. The van der Waals surface area contributed by atoms with Crippen LogP contribution in [0.5, 0.6) is 0 Å². The van der Waals surface area contributed by atoms with Gasteiger partial charge in [-0.2, -0.15) is 5.26 Å². The second-order valence-corrected chi connectivity index (χ2v) is 5.05. The van der Waals surface area contributed by atoms with Gasteiger partial charge in [0.1, 0.15) is 6.07 Å². The zero-order valence-electron chi connectivity index (χ0n) is 13.7. The first kappa shape index (κ1) is 17.8. The maximum absolute atomic E-state index is 12.1. The standard InChI is InChI=1S/C19H17N3O3/c1-25-19(24)16(11-20)13-21-17-9-7-15(8-10-17)18(23)22-12-14-5-3-2-4-6-14/h2-10,13,21H,12H2,1H3,(H,22,23)/b16-13-. The SMILES string of the molecule is COC(=O)/C(C#N)=C\Nc1ccc(C(=O)NCc2ccccc2)cc1. The summed E-state index contributed by atoms with van der Waals surface area (Å²) in [5.74, 6) is -0.898. The van der Waals surface area contributed by atoms with Gasteiger partial charge in [0.2, 0.25) is 0 Å². The van der Waals surface area contributed by atoms with Crippen LogP contribution in [-0.4, -0.2) is 19.0 Å². The van der Waals surface area contributed by atoms with Gasteiger partial charge in [0.05, 0.1) is 7.11 Å². The molecule has 0 aliphatic heterocycles. The molecule has 25 heavy (non-hydrogen) atoms. The molecule has 2 N–H and O–H groups in total.